The molecule has 118 valence electrons. The lowest BCUT2D eigenvalue weighted by Crippen LogP contribution is -2.36. The molecule has 4 nitrogen and oxygen atoms in total. The summed E-state index contributed by atoms with van der Waals surface area (Å²) in [6, 6.07) is 10.7. The van der Waals surface area contributed by atoms with E-state index in [9.17, 15) is 5.11 Å². The molecule has 1 N–H and O–H groups in total. The fourth-order valence-corrected chi connectivity index (χ4v) is 3.38. The zero-order valence-corrected chi connectivity index (χ0v) is 13.5. The molecule has 1 saturated heterocycles. The number of nitrogens with zero attached hydrogens (tertiary/aromatic N) is 3. The molecule has 22 heavy (non-hydrogen) atoms. The van der Waals surface area contributed by atoms with Gasteiger partial charge in [0.15, 0.2) is 0 Å². The van der Waals surface area contributed by atoms with Crippen LogP contribution in [-0.4, -0.2) is 39.5 Å². The van der Waals surface area contributed by atoms with Crippen LogP contribution in [0.3, 0.4) is 0 Å². The average molecular weight is 299 g/mol. The maximum atomic E-state index is 9.36. The zero-order valence-electron chi connectivity index (χ0n) is 13.5. The molecule has 0 radical (unpaired) electrons. The van der Waals surface area contributed by atoms with Crippen LogP contribution < -0.4 is 0 Å². The summed E-state index contributed by atoms with van der Waals surface area (Å²) in [4.78, 5) is 2.45. The highest BCUT2D eigenvalue weighted by Gasteiger charge is 2.19. The number of aromatic nitrogens is 2. The molecule has 3 rings (SSSR count). The smallest absolute Gasteiger partial charge is 0.0651 e. The Morgan fingerprint density at radius 1 is 1.27 bits per heavy atom. The van der Waals surface area contributed by atoms with E-state index in [-0.39, 0.29) is 0 Å². The fourth-order valence-electron chi connectivity index (χ4n) is 3.38. The van der Waals surface area contributed by atoms with Crippen LogP contribution in [-0.2, 0) is 6.54 Å². The largest absolute Gasteiger partial charge is 0.396 e. The molecule has 1 atom stereocenters. The van der Waals surface area contributed by atoms with Crippen LogP contribution in [0.5, 0.6) is 0 Å². The SMILES string of the molecule is Cc1cc(C)n(-c2cccc(CN3CCC[C@H](CO)C3)c2)n1. The van der Waals surface area contributed by atoms with Gasteiger partial charge in [-0.1, -0.05) is 12.1 Å². The van der Waals surface area contributed by atoms with Crippen LogP contribution in [0.4, 0.5) is 0 Å². The van der Waals surface area contributed by atoms with Crippen molar-refractivity contribution in [3.63, 3.8) is 0 Å². The third-order valence-electron chi connectivity index (χ3n) is 4.43. The van der Waals surface area contributed by atoms with Gasteiger partial charge in [-0.2, -0.15) is 5.10 Å². The van der Waals surface area contributed by atoms with Crippen molar-refractivity contribution in [3.05, 3.63) is 47.3 Å². The van der Waals surface area contributed by atoms with Crippen LogP contribution in [0.2, 0.25) is 0 Å². The second-order valence-electron chi connectivity index (χ2n) is 6.43. The minimum atomic E-state index is 0.308. The number of benzene rings is 1. The van der Waals surface area contributed by atoms with E-state index in [4.69, 9.17) is 0 Å². The third kappa shape index (κ3) is 3.39. The second-order valence-corrected chi connectivity index (χ2v) is 6.43. The highest BCUT2D eigenvalue weighted by Crippen LogP contribution is 2.20. The Morgan fingerprint density at radius 3 is 2.86 bits per heavy atom. The zero-order chi connectivity index (χ0) is 15.5. The summed E-state index contributed by atoms with van der Waals surface area (Å²) in [5, 5.41) is 13.9. The number of aliphatic hydroxyl groups is 1. The Hall–Kier alpha value is -1.65. The summed E-state index contributed by atoms with van der Waals surface area (Å²) in [5.74, 6) is 0.438. The first kappa shape index (κ1) is 15.3. The summed E-state index contributed by atoms with van der Waals surface area (Å²) in [7, 11) is 0. The Bertz CT molecular complexity index is 635. The van der Waals surface area contributed by atoms with E-state index in [0.29, 0.717) is 12.5 Å². The third-order valence-corrected chi connectivity index (χ3v) is 4.43. The van der Waals surface area contributed by atoms with E-state index in [1.807, 2.05) is 11.6 Å². The van der Waals surface area contributed by atoms with Gasteiger partial charge in [-0.25, -0.2) is 4.68 Å². The Labute approximate surface area is 132 Å². The number of piperidine rings is 1. The van der Waals surface area contributed by atoms with E-state index < -0.39 is 0 Å². The van der Waals surface area contributed by atoms with Crippen LogP contribution in [0.1, 0.15) is 29.8 Å². The van der Waals surface area contributed by atoms with Crippen LogP contribution in [0, 0.1) is 19.8 Å². The number of likely N-dealkylation sites (tertiary alicyclic amines) is 1. The monoisotopic (exact) mass is 299 g/mol. The van der Waals surface area contributed by atoms with Gasteiger partial charge in [0, 0.05) is 25.4 Å². The Kier molecular flexibility index (Phi) is 4.60. The summed E-state index contributed by atoms with van der Waals surface area (Å²) < 4.78 is 2.01. The maximum absolute atomic E-state index is 9.36. The van der Waals surface area contributed by atoms with Crippen molar-refractivity contribution in [1.82, 2.24) is 14.7 Å². The molecule has 0 unspecified atom stereocenters. The molecular formula is C18H25N3O. The molecule has 0 bridgehead atoms. The maximum Gasteiger partial charge on any atom is 0.0651 e. The summed E-state index contributed by atoms with van der Waals surface area (Å²) in [5.41, 5.74) is 4.64. The first-order valence-electron chi connectivity index (χ1n) is 8.11. The first-order valence-corrected chi connectivity index (χ1v) is 8.11. The molecular weight excluding hydrogens is 274 g/mol. The molecule has 1 aromatic carbocycles. The van der Waals surface area contributed by atoms with E-state index in [0.717, 1.165) is 43.1 Å². The van der Waals surface area contributed by atoms with Gasteiger partial charge in [0.1, 0.15) is 0 Å². The topological polar surface area (TPSA) is 41.3 Å². The molecule has 0 spiro atoms. The van der Waals surface area contributed by atoms with Gasteiger partial charge in [-0.15, -0.1) is 0 Å². The fraction of sp³-hybridized carbons (Fsp3) is 0.500. The van der Waals surface area contributed by atoms with E-state index in [1.54, 1.807) is 0 Å². The first-order chi connectivity index (χ1) is 10.7. The van der Waals surface area contributed by atoms with Gasteiger partial charge in [0.05, 0.1) is 11.4 Å². The quantitative estimate of drug-likeness (QED) is 0.944. The molecule has 0 saturated carbocycles. The number of hydrogen-bond donors (Lipinski definition) is 1. The minimum Gasteiger partial charge on any atom is -0.396 e. The Balaban J connectivity index is 1.75. The highest BCUT2D eigenvalue weighted by molar-refractivity contribution is 5.37. The molecule has 0 aliphatic carbocycles. The van der Waals surface area contributed by atoms with Gasteiger partial charge >= 0.3 is 0 Å². The number of rotatable bonds is 4. The lowest BCUT2D eigenvalue weighted by atomic mass is 9.98. The molecule has 1 aliphatic heterocycles. The predicted molar refractivity (Wildman–Crippen MR) is 88.1 cm³/mol. The Morgan fingerprint density at radius 2 is 2.14 bits per heavy atom. The lowest BCUT2D eigenvalue weighted by Gasteiger charge is -2.31. The molecule has 2 aromatic rings. The van der Waals surface area contributed by atoms with Crippen molar-refractivity contribution >= 4 is 0 Å². The van der Waals surface area contributed by atoms with Crippen molar-refractivity contribution in [2.75, 3.05) is 19.7 Å². The molecule has 1 aliphatic rings. The molecule has 0 amide bonds. The normalized spacial score (nSPS) is 19.5. The van der Waals surface area contributed by atoms with Gasteiger partial charge in [0.25, 0.3) is 0 Å². The second kappa shape index (κ2) is 6.63. The van der Waals surface area contributed by atoms with Crippen molar-refractivity contribution in [2.45, 2.75) is 33.2 Å². The molecule has 2 heterocycles. The van der Waals surface area contributed by atoms with Gasteiger partial charge in [-0.3, -0.25) is 4.90 Å². The van der Waals surface area contributed by atoms with Crippen molar-refractivity contribution < 1.29 is 5.11 Å². The van der Waals surface area contributed by atoms with Gasteiger partial charge < -0.3 is 5.11 Å². The predicted octanol–water partition coefficient (Wildman–Crippen LogP) is 2.69. The summed E-state index contributed by atoms with van der Waals surface area (Å²) in [6.07, 6.45) is 2.33. The molecule has 4 heteroatoms. The standard InChI is InChI=1S/C18H25N3O/c1-14-9-15(2)21(19-14)18-7-3-5-16(10-18)11-20-8-4-6-17(12-20)13-22/h3,5,7,9-10,17,22H,4,6,8,11-13H2,1-2H3/t17-/m0/s1. The van der Waals surface area contributed by atoms with E-state index in [1.165, 1.54) is 12.0 Å². The number of aliphatic hydroxyl groups excluding tert-OH is 1. The van der Waals surface area contributed by atoms with Crippen LogP contribution in [0.25, 0.3) is 5.69 Å². The van der Waals surface area contributed by atoms with Crippen LogP contribution >= 0.6 is 0 Å². The van der Waals surface area contributed by atoms with Crippen molar-refractivity contribution in [3.8, 4) is 5.69 Å². The molecule has 1 aromatic heterocycles. The highest BCUT2D eigenvalue weighted by atomic mass is 16.3. The average Bonchev–Trinajstić information content (AvgIpc) is 2.86. The van der Waals surface area contributed by atoms with Gasteiger partial charge in [0.2, 0.25) is 0 Å². The van der Waals surface area contributed by atoms with Crippen molar-refractivity contribution in [1.29, 1.82) is 0 Å². The van der Waals surface area contributed by atoms with Crippen molar-refractivity contribution in [2.24, 2.45) is 5.92 Å². The lowest BCUT2D eigenvalue weighted by molar-refractivity contribution is 0.116. The summed E-state index contributed by atoms with van der Waals surface area (Å²) >= 11 is 0. The minimum absolute atomic E-state index is 0.308. The van der Waals surface area contributed by atoms with Gasteiger partial charge in [-0.05, 0) is 62.9 Å². The molecule has 1 fully saturated rings. The van der Waals surface area contributed by atoms with E-state index >= 15 is 0 Å². The number of hydrogen-bond acceptors (Lipinski definition) is 3. The van der Waals surface area contributed by atoms with E-state index in [2.05, 4.69) is 47.3 Å². The number of aryl methyl sites for hydroxylation is 2. The summed E-state index contributed by atoms with van der Waals surface area (Å²) in [6.45, 7) is 7.49. The van der Waals surface area contributed by atoms with Crippen LogP contribution in [0.15, 0.2) is 30.3 Å².